The fourth-order valence-electron chi connectivity index (χ4n) is 2.33. The van der Waals surface area contributed by atoms with Crippen LogP contribution in [0, 0.1) is 10.1 Å². The van der Waals surface area contributed by atoms with Crippen molar-refractivity contribution < 1.29 is 9.66 Å². The highest BCUT2D eigenvalue weighted by atomic mass is 79.9. The van der Waals surface area contributed by atoms with Gasteiger partial charge in [-0.15, -0.1) is 0 Å². The topological polar surface area (TPSA) is 86.3 Å². The third kappa shape index (κ3) is 3.42. The molecule has 0 unspecified atom stereocenters. The molecule has 0 saturated carbocycles. The van der Waals surface area contributed by atoms with Gasteiger partial charge in [-0.25, -0.2) is 0 Å². The zero-order valence-corrected chi connectivity index (χ0v) is 13.3. The van der Waals surface area contributed by atoms with Crippen molar-refractivity contribution >= 4 is 21.7 Å². The predicted molar refractivity (Wildman–Crippen MR) is 81.6 cm³/mol. The average molecular weight is 368 g/mol. The van der Waals surface area contributed by atoms with Gasteiger partial charge in [0.25, 0.3) is 0 Å². The molecule has 0 aromatic carbocycles. The second kappa shape index (κ2) is 6.41. The van der Waals surface area contributed by atoms with Gasteiger partial charge in [-0.05, 0) is 32.5 Å². The van der Waals surface area contributed by atoms with E-state index in [9.17, 15) is 10.1 Å². The molecule has 0 aliphatic carbocycles. The first-order valence-corrected chi connectivity index (χ1v) is 7.57. The summed E-state index contributed by atoms with van der Waals surface area (Å²) in [7, 11) is 0. The molecule has 8 nitrogen and oxygen atoms in total. The minimum Gasteiger partial charge on any atom is -0.444 e. The molecule has 0 amide bonds. The van der Waals surface area contributed by atoms with Gasteiger partial charge in [0.1, 0.15) is 12.8 Å². The van der Waals surface area contributed by atoms with Gasteiger partial charge in [0.05, 0.1) is 0 Å². The number of halogens is 1. The number of ether oxygens (including phenoxy) is 1. The highest BCUT2D eigenvalue weighted by Gasteiger charge is 2.22. The van der Waals surface area contributed by atoms with Crippen LogP contribution in [0.2, 0.25) is 0 Å². The summed E-state index contributed by atoms with van der Waals surface area (Å²) >= 11 is 3.41. The van der Waals surface area contributed by atoms with E-state index in [0.717, 1.165) is 29.7 Å². The Morgan fingerprint density at radius 2 is 2.23 bits per heavy atom. The molecule has 0 saturated heterocycles. The Morgan fingerprint density at radius 1 is 1.36 bits per heavy atom. The van der Waals surface area contributed by atoms with E-state index < -0.39 is 4.92 Å². The third-order valence-corrected chi connectivity index (χ3v) is 3.81. The van der Waals surface area contributed by atoms with Crippen molar-refractivity contribution in [3.05, 3.63) is 44.8 Å². The Kier molecular flexibility index (Phi) is 4.34. The van der Waals surface area contributed by atoms with Crippen molar-refractivity contribution in [3.8, 4) is 6.01 Å². The Hall–Kier alpha value is -2.00. The normalized spacial score (nSPS) is 15.5. The lowest BCUT2D eigenvalue weighted by molar-refractivity contribution is -0.389. The van der Waals surface area contributed by atoms with E-state index in [2.05, 4.69) is 30.8 Å². The minimum atomic E-state index is -0.508. The average Bonchev–Trinajstić information content (AvgIpc) is 2.85. The van der Waals surface area contributed by atoms with Gasteiger partial charge in [-0.3, -0.25) is 14.5 Å². The molecule has 0 bridgehead atoms. The molecule has 0 atom stereocenters. The number of aromatic nitrogens is 3. The van der Waals surface area contributed by atoms with Crippen LogP contribution < -0.4 is 4.74 Å². The first-order valence-electron chi connectivity index (χ1n) is 6.78. The molecule has 22 heavy (non-hydrogen) atoms. The molecular formula is C13H14BrN5O3. The van der Waals surface area contributed by atoms with E-state index in [-0.39, 0.29) is 5.82 Å². The summed E-state index contributed by atoms with van der Waals surface area (Å²) in [6, 6.07) is 2.34. The van der Waals surface area contributed by atoms with Crippen LogP contribution in [0.1, 0.15) is 5.56 Å². The van der Waals surface area contributed by atoms with E-state index >= 15 is 0 Å². The number of hydrogen-bond acceptors (Lipinski definition) is 6. The molecule has 1 aliphatic heterocycles. The van der Waals surface area contributed by atoms with Gasteiger partial charge in [0, 0.05) is 48.0 Å². The Labute approximate surface area is 135 Å². The van der Waals surface area contributed by atoms with Crippen LogP contribution in [0.4, 0.5) is 5.82 Å². The van der Waals surface area contributed by atoms with Crippen LogP contribution in [-0.4, -0.2) is 44.1 Å². The SMILES string of the molecule is O=[N+]([O-])c1cn2c(n1)OCCN(Cc1cncc(Br)c1)CC2. The molecule has 9 heteroatoms. The monoisotopic (exact) mass is 367 g/mol. The summed E-state index contributed by atoms with van der Waals surface area (Å²) in [5.74, 6) is -0.181. The van der Waals surface area contributed by atoms with Crippen LogP contribution in [0.5, 0.6) is 6.01 Å². The molecule has 2 aromatic heterocycles. The van der Waals surface area contributed by atoms with E-state index in [0.29, 0.717) is 19.2 Å². The number of nitro groups is 1. The van der Waals surface area contributed by atoms with Gasteiger partial charge < -0.3 is 14.9 Å². The number of nitrogens with zero attached hydrogens (tertiary/aromatic N) is 5. The zero-order chi connectivity index (χ0) is 15.5. The highest BCUT2D eigenvalue weighted by Crippen LogP contribution is 2.19. The van der Waals surface area contributed by atoms with Crippen molar-refractivity contribution in [2.75, 3.05) is 19.7 Å². The lowest BCUT2D eigenvalue weighted by Gasteiger charge is -2.24. The Morgan fingerprint density at radius 3 is 3.00 bits per heavy atom. The smallest absolute Gasteiger partial charge is 0.414 e. The lowest BCUT2D eigenvalue weighted by atomic mass is 10.2. The first kappa shape index (κ1) is 14.9. The molecule has 0 fully saturated rings. The van der Waals surface area contributed by atoms with Crippen LogP contribution in [-0.2, 0) is 13.1 Å². The molecule has 0 radical (unpaired) electrons. The molecule has 2 aromatic rings. The molecule has 0 N–H and O–H groups in total. The zero-order valence-electron chi connectivity index (χ0n) is 11.7. The Bertz CT molecular complexity index is 690. The van der Waals surface area contributed by atoms with Crippen LogP contribution in [0.25, 0.3) is 0 Å². The predicted octanol–water partition coefficient (Wildman–Crippen LogP) is 1.84. The third-order valence-electron chi connectivity index (χ3n) is 3.38. The minimum absolute atomic E-state index is 0.181. The second-order valence-electron chi connectivity index (χ2n) is 4.97. The van der Waals surface area contributed by atoms with Crippen molar-refractivity contribution in [1.82, 2.24) is 19.4 Å². The number of rotatable bonds is 3. The summed E-state index contributed by atoms with van der Waals surface area (Å²) < 4.78 is 8.16. The number of hydrogen-bond donors (Lipinski definition) is 0. The van der Waals surface area contributed by atoms with Crippen LogP contribution in [0.3, 0.4) is 0 Å². The van der Waals surface area contributed by atoms with E-state index in [1.54, 1.807) is 10.8 Å². The second-order valence-corrected chi connectivity index (χ2v) is 5.88. The summed E-state index contributed by atoms with van der Waals surface area (Å²) in [6.07, 6.45) is 4.99. The number of pyridine rings is 1. The molecule has 3 heterocycles. The van der Waals surface area contributed by atoms with E-state index in [1.807, 2.05) is 12.3 Å². The van der Waals surface area contributed by atoms with Crippen LogP contribution >= 0.6 is 15.9 Å². The summed E-state index contributed by atoms with van der Waals surface area (Å²) in [6.45, 7) is 3.28. The van der Waals surface area contributed by atoms with Crippen molar-refractivity contribution in [2.45, 2.75) is 13.1 Å². The fourth-order valence-corrected chi connectivity index (χ4v) is 2.75. The molecular weight excluding hydrogens is 354 g/mol. The largest absolute Gasteiger partial charge is 0.444 e. The maximum absolute atomic E-state index is 10.8. The summed E-state index contributed by atoms with van der Waals surface area (Å²) in [4.78, 5) is 20.5. The van der Waals surface area contributed by atoms with E-state index in [1.165, 1.54) is 6.20 Å². The van der Waals surface area contributed by atoms with Crippen LogP contribution in [0.15, 0.2) is 29.1 Å². The lowest BCUT2D eigenvalue weighted by Crippen LogP contribution is -2.33. The molecule has 3 rings (SSSR count). The Balaban J connectivity index is 1.69. The first-order chi connectivity index (χ1) is 10.6. The van der Waals surface area contributed by atoms with Gasteiger partial charge >= 0.3 is 11.8 Å². The summed E-state index contributed by atoms with van der Waals surface area (Å²) in [5.41, 5.74) is 1.10. The quantitative estimate of drug-likeness (QED) is 0.607. The standard InChI is InChI=1S/C13H14BrN5O3/c14-11-5-10(6-15-7-11)8-17-1-2-18-9-12(19(20)21)16-13(18)22-4-3-17/h5-7,9H,1-4,8H2. The van der Waals surface area contributed by atoms with Gasteiger partial charge in [-0.2, -0.15) is 0 Å². The summed E-state index contributed by atoms with van der Waals surface area (Å²) in [5, 5.41) is 10.8. The van der Waals surface area contributed by atoms with Crippen molar-refractivity contribution in [2.24, 2.45) is 0 Å². The van der Waals surface area contributed by atoms with Gasteiger partial charge in [0.15, 0.2) is 0 Å². The molecule has 116 valence electrons. The molecule has 0 spiro atoms. The maximum atomic E-state index is 10.8. The van der Waals surface area contributed by atoms with Gasteiger partial charge in [0.2, 0.25) is 0 Å². The van der Waals surface area contributed by atoms with Crippen molar-refractivity contribution in [1.29, 1.82) is 0 Å². The number of fused-ring (bicyclic) bond motifs is 1. The highest BCUT2D eigenvalue weighted by molar-refractivity contribution is 9.10. The van der Waals surface area contributed by atoms with Crippen molar-refractivity contribution in [3.63, 3.8) is 0 Å². The van der Waals surface area contributed by atoms with Gasteiger partial charge in [-0.1, -0.05) is 0 Å². The fraction of sp³-hybridized carbons (Fsp3) is 0.385. The molecule has 1 aliphatic rings. The maximum Gasteiger partial charge on any atom is 0.414 e. The van der Waals surface area contributed by atoms with E-state index in [4.69, 9.17) is 4.74 Å². The number of imidazole rings is 1.